The highest BCUT2D eigenvalue weighted by Crippen LogP contribution is 2.06. The van der Waals surface area contributed by atoms with Crippen LogP contribution in [0.2, 0.25) is 0 Å². The van der Waals surface area contributed by atoms with E-state index in [4.69, 9.17) is 4.74 Å². The minimum atomic E-state index is 0.0474. The molecular formula is C12H20BrN3O2. The Bertz CT molecular complexity index is 366. The number of nitrogens with one attached hydrogen (secondary N) is 1. The van der Waals surface area contributed by atoms with Crippen LogP contribution in [-0.2, 0) is 16.1 Å². The van der Waals surface area contributed by atoms with Crippen LogP contribution in [0.1, 0.15) is 26.7 Å². The number of carbonyl (C=O) groups excluding carboxylic acids is 1. The lowest BCUT2D eigenvalue weighted by Gasteiger charge is -2.08. The Labute approximate surface area is 116 Å². The van der Waals surface area contributed by atoms with E-state index in [2.05, 4.69) is 26.3 Å². The second-order valence-electron chi connectivity index (χ2n) is 4.29. The standard InChI is InChI=1S/C12H20BrN3O2/c1-10(2)18-7-3-5-14-12(17)4-6-16-9-11(13)8-15-16/h8-10H,3-7H2,1-2H3,(H,14,17). The Morgan fingerprint density at radius 2 is 2.39 bits per heavy atom. The largest absolute Gasteiger partial charge is 0.379 e. The summed E-state index contributed by atoms with van der Waals surface area (Å²) in [5, 5.41) is 6.95. The first-order chi connectivity index (χ1) is 8.58. The van der Waals surface area contributed by atoms with Crippen LogP contribution in [0.5, 0.6) is 0 Å². The van der Waals surface area contributed by atoms with Crippen molar-refractivity contribution in [1.82, 2.24) is 15.1 Å². The summed E-state index contributed by atoms with van der Waals surface area (Å²) < 4.78 is 8.05. The first kappa shape index (κ1) is 15.2. The van der Waals surface area contributed by atoms with Crippen LogP contribution >= 0.6 is 15.9 Å². The van der Waals surface area contributed by atoms with E-state index in [1.165, 1.54) is 0 Å². The molecule has 0 aromatic carbocycles. The molecule has 0 aliphatic heterocycles. The van der Waals surface area contributed by atoms with Crippen molar-refractivity contribution in [3.05, 3.63) is 16.9 Å². The Kier molecular flexibility index (Phi) is 6.97. The first-order valence-corrected chi connectivity index (χ1v) is 6.93. The van der Waals surface area contributed by atoms with E-state index in [9.17, 15) is 4.79 Å². The molecule has 6 heteroatoms. The summed E-state index contributed by atoms with van der Waals surface area (Å²) in [4.78, 5) is 11.5. The number of nitrogens with zero attached hydrogens (tertiary/aromatic N) is 2. The second kappa shape index (κ2) is 8.26. The zero-order valence-electron chi connectivity index (χ0n) is 10.9. The number of ether oxygens (including phenoxy) is 1. The minimum absolute atomic E-state index is 0.0474. The molecule has 1 amide bonds. The quantitative estimate of drug-likeness (QED) is 0.746. The lowest BCUT2D eigenvalue weighted by Crippen LogP contribution is -2.26. The highest BCUT2D eigenvalue weighted by molar-refractivity contribution is 9.10. The van der Waals surface area contributed by atoms with Crippen molar-refractivity contribution in [2.24, 2.45) is 0 Å². The maximum Gasteiger partial charge on any atom is 0.221 e. The Balaban J connectivity index is 2.04. The molecule has 0 atom stereocenters. The number of rotatable bonds is 8. The number of halogens is 1. The molecule has 1 N–H and O–H groups in total. The molecule has 0 fully saturated rings. The van der Waals surface area contributed by atoms with Crippen LogP contribution in [0.25, 0.3) is 0 Å². The van der Waals surface area contributed by atoms with Gasteiger partial charge in [0.15, 0.2) is 0 Å². The third-order valence-electron chi connectivity index (χ3n) is 2.26. The van der Waals surface area contributed by atoms with Gasteiger partial charge in [0, 0.05) is 32.3 Å². The summed E-state index contributed by atoms with van der Waals surface area (Å²) in [6.07, 6.45) is 5.10. The second-order valence-corrected chi connectivity index (χ2v) is 5.21. The topological polar surface area (TPSA) is 56.1 Å². The maximum absolute atomic E-state index is 11.5. The predicted octanol–water partition coefficient (Wildman–Crippen LogP) is 1.97. The summed E-state index contributed by atoms with van der Waals surface area (Å²) in [6.45, 7) is 5.94. The number of aromatic nitrogens is 2. The van der Waals surface area contributed by atoms with E-state index in [-0.39, 0.29) is 12.0 Å². The lowest BCUT2D eigenvalue weighted by atomic mass is 10.3. The molecule has 0 aliphatic rings. The van der Waals surface area contributed by atoms with Crippen LogP contribution in [0.4, 0.5) is 0 Å². The van der Waals surface area contributed by atoms with Crippen LogP contribution in [0.15, 0.2) is 16.9 Å². The van der Waals surface area contributed by atoms with Crippen LogP contribution in [0, 0.1) is 0 Å². The Morgan fingerprint density at radius 3 is 3.00 bits per heavy atom. The molecule has 1 aromatic rings. The maximum atomic E-state index is 11.5. The SMILES string of the molecule is CC(C)OCCCNC(=O)CCn1cc(Br)cn1. The Morgan fingerprint density at radius 1 is 1.61 bits per heavy atom. The van der Waals surface area contributed by atoms with Crippen LogP contribution in [-0.4, -0.2) is 34.9 Å². The van der Waals surface area contributed by atoms with Gasteiger partial charge >= 0.3 is 0 Å². The van der Waals surface area contributed by atoms with Gasteiger partial charge in [-0.1, -0.05) is 0 Å². The summed E-state index contributed by atoms with van der Waals surface area (Å²) in [5.74, 6) is 0.0474. The van der Waals surface area contributed by atoms with E-state index < -0.39 is 0 Å². The minimum Gasteiger partial charge on any atom is -0.379 e. The smallest absolute Gasteiger partial charge is 0.221 e. The van der Waals surface area contributed by atoms with Gasteiger partial charge in [-0.3, -0.25) is 9.48 Å². The number of carbonyl (C=O) groups is 1. The zero-order chi connectivity index (χ0) is 13.4. The van der Waals surface area contributed by atoms with Crippen molar-refractivity contribution in [2.75, 3.05) is 13.2 Å². The molecule has 0 saturated heterocycles. The molecule has 0 spiro atoms. The predicted molar refractivity (Wildman–Crippen MR) is 73.3 cm³/mol. The fraction of sp³-hybridized carbons (Fsp3) is 0.667. The summed E-state index contributed by atoms with van der Waals surface area (Å²) in [6, 6.07) is 0. The molecule has 0 unspecified atom stereocenters. The third-order valence-corrected chi connectivity index (χ3v) is 2.67. The van der Waals surface area contributed by atoms with Crippen LogP contribution < -0.4 is 5.32 Å². The van der Waals surface area contributed by atoms with Gasteiger partial charge in [0.2, 0.25) is 5.91 Å². The third kappa shape index (κ3) is 6.76. The number of hydrogen-bond donors (Lipinski definition) is 1. The molecule has 18 heavy (non-hydrogen) atoms. The van der Waals surface area contributed by atoms with E-state index in [0.29, 0.717) is 26.1 Å². The highest BCUT2D eigenvalue weighted by Gasteiger charge is 2.02. The van der Waals surface area contributed by atoms with E-state index >= 15 is 0 Å². The van der Waals surface area contributed by atoms with Gasteiger partial charge in [-0.05, 0) is 36.2 Å². The van der Waals surface area contributed by atoms with Gasteiger partial charge in [-0.2, -0.15) is 5.10 Å². The van der Waals surface area contributed by atoms with Crippen LogP contribution in [0.3, 0.4) is 0 Å². The molecule has 102 valence electrons. The average Bonchev–Trinajstić information content (AvgIpc) is 2.71. The zero-order valence-corrected chi connectivity index (χ0v) is 12.4. The highest BCUT2D eigenvalue weighted by atomic mass is 79.9. The molecule has 1 heterocycles. The molecule has 1 rings (SSSR count). The summed E-state index contributed by atoms with van der Waals surface area (Å²) in [7, 11) is 0. The van der Waals surface area contributed by atoms with Gasteiger partial charge in [0.25, 0.3) is 0 Å². The molecule has 0 bridgehead atoms. The molecule has 5 nitrogen and oxygen atoms in total. The van der Waals surface area contributed by atoms with Crippen molar-refractivity contribution in [3.8, 4) is 0 Å². The number of aryl methyl sites for hydroxylation is 1. The number of hydrogen-bond acceptors (Lipinski definition) is 3. The van der Waals surface area contributed by atoms with E-state index in [1.54, 1.807) is 10.9 Å². The van der Waals surface area contributed by atoms with Gasteiger partial charge in [-0.25, -0.2) is 0 Å². The molecular weight excluding hydrogens is 298 g/mol. The van der Waals surface area contributed by atoms with Gasteiger partial charge in [0.05, 0.1) is 16.8 Å². The normalized spacial score (nSPS) is 10.9. The summed E-state index contributed by atoms with van der Waals surface area (Å²) >= 11 is 3.31. The van der Waals surface area contributed by atoms with Crippen molar-refractivity contribution < 1.29 is 9.53 Å². The van der Waals surface area contributed by atoms with E-state index in [1.807, 2.05) is 20.0 Å². The van der Waals surface area contributed by atoms with Crippen molar-refractivity contribution >= 4 is 21.8 Å². The van der Waals surface area contributed by atoms with Gasteiger partial charge < -0.3 is 10.1 Å². The number of amides is 1. The van der Waals surface area contributed by atoms with Crippen molar-refractivity contribution in [3.63, 3.8) is 0 Å². The van der Waals surface area contributed by atoms with Gasteiger partial charge in [-0.15, -0.1) is 0 Å². The van der Waals surface area contributed by atoms with Gasteiger partial charge in [0.1, 0.15) is 0 Å². The molecule has 0 saturated carbocycles. The molecule has 0 aliphatic carbocycles. The monoisotopic (exact) mass is 317 g/mol. The fourth-order valence-corrected chi connectivity index (χ4v) is 1.71. The lowest BCUT2D eigenvalue weighted by molar-refractivity contribution is -0.121. The van der Waals surface area contributed by atoms with Crippen molar-refractivity contribution in [2.45, 2.75) is 39.3 Å². The van der Waals surface area contributed by atoms with E-state index in [0.717, 1.165) is 10.9 Å². The molecule has 0 radical (unpaired) electrons. The fourth-order valence-electron chi connectivity index (χ4n) is 1.38. The van der Waals surface area contributed by atoms with Crippen molar-refractivity contribution in [1.29, 1.82) is 0 Å². The Hall–Kier alpha value is -0.880. The summed E-state index contributed by atoms with van der Waals surface area (Å²) in [5.41, 5.74) is 0. The average molecular weight is 318 g/mol. The first-order valence-electron chi connectivity index (χ1n) is 6.14. The molecule has 1 aromatic heterocycles.